The Kier molecular flexibility index (Phi) is 6.50. The number of aromatic hydroxyl groups is 1. The number of rotatable bonds is 4. The van der Waals surface area contributed by atoms with E-state index in [1.165, 1.54) is 19.3 Å². The zero-order valence-electron chi connectivity index (χ0n) is 21.7. The van der Waals surface area contributed by atoms with Crippen LogP contribution in [0.5, 0.6) is 5.75 Å². The number of hydrogen-bond donors (Lipinski definition) is 4. The molecule has 3 atom stereocenters. The van der Waals surface area contributed by atoms with Crippen molar-refractivity contribution in [1.29, 1.82) is 0 Å². The zero-order valence-corrected chi connectivity index (χ0v) is 21.7. The van der Waals surface area contributed by atoms with Crippen molar-refractivity contribution in [2.24, 2.45) is 5.92 Å². The summed E-state index contributed by atoms with van der Waals surface area (Å²) >= 11 is 0. The first-order chi connectivity index (χ1) is 17.1. The van der Waals surface area contributed by atoms with Gasteiger partial charge in [-0.15, -0.1) is 0 Å². The van der Waals surface area contributed by atoms with E-state index in [4.69, 9.17) is 0 Å². The summed E-state index contributed by atoms with van der Waals surface area (Å²) in [5.41, 5.74) is 1.44. The number of carbonyl (C=O) groups is 1. The van der Waals surface area contributed by atoms with Crippen LogP contribution in [0, 0.1) is 12.8 Å². The number of fused-ring (bicyclic) bond motifs is 2. The van der Waals surface area contributed by atoms with Crippen LogP contribution in [0.4, 0.5) is 0 Å². The maximum absolute atomic E-state index is 13.1. The third kappa shape index (κ3) is 4.06. The SMILES string of the molecule is Cc1ccc(O)cc1[C@]12CCN(C)[C@H](C)[C@]1(O)Cc1cc(C(=O)NCC3CCCCC3)c(=O)[nH]c1C2. The molecule has 2 aliphatic carbocycles. The predicted molar refractivity (Wildman–Crippen MR) is 140 cm³/mol. The molecule has 0 unspecified atom stereocenters. The van der Waals surface area contributed by atoms with Crippen molar-refractivity contribution in [2.45, 2.75) is 82.3 Å². The molecule has 1 aromatic heterocycles. The largest absolute Gasteiger partial charge is 0.508 e. The summed E-state index contributed by atoms with van der Waals surface area (Å²) in [7, 11) is 2.02. The van der Waals surface area contributed by atoms with E-state index in [9.17, 15) is 19.8 Å². The van der Waals surface area contributed by atoms with Gasteiger partial charge < -0.3 is 25.4 Å². The number of nitrogens with one attached hydrogen (secondary N) is 2. The lowest BCUT2D eigenvalue weighted by Crippen LogP contribution is -2.70. The summed E-state index contributed by atoms with van der Waals surface area (Å²) in [5.74, 6) is 0.305. The van der Waals surface area contributed by atoms with Crippen LogP contribution in [-0.4, -0.2) is 57.8 Å². The second-order valence-electron chi connectivity index (χ2n) is 11.5. The number of carbonyl (C=O) groups excluding carboxylic acids is 1. The third-order valence-corrected chi connectivity index (χ3v) is 9.48. The first-order valence-corrected chi connectivity index (χ1v) is 13.4. The fourth-order valence-corrected chi connectivity index (χ4v) is 7.10. The van der Waals surface area contributed by atoms with E-state index >= 15 is 0 Å². The average Bonchev–Trinajstić information content (AvgIpc) is 2.86. The van der Waals surface area contributed by atoms with Crippen LogP contribution in [0.15, 0.2) is 29.1 Å². The van der Waals surface area contributed by atoms with Crippen molar-refractivity contribution in [3.05, 3.63) is 62.6 Å². The van der Waals surface area contributed by atoms with Gasteiger partial charge in [0, 0.05) is 36.5 Å². The molecule has 1 saturated heterocycles. The first-order valence-electron chi connectivity index (χ1n) is 13.4. The molecule has 0 radical (unpaired) electrons. The second kappa shape index (κ2) is 9.34. The van der Waals surface area contributed by atoms with E-state index in [0.717, 1.165) is 41.8 Å². The number of aryl methyl sites for hydroxylation is 1. The lowest BCUT2D eigenvalue weighted by atomic mass is 9.53. The number of hydrogen-bond acceptors (Lipinski definition) is 5. The lowest BCUT2D eigenvalue weighted by Gasteiger charge is -2.59. The summed E-state index contributed by atoms with van der Waals surface area (Å²) in [6.45, 7) is 5.44. The first kappa shape index (κ1) is 25.0. The van der Waals surface area contributed by atoms with Gasteiger partial charge >= 0.3 is 0 Å². The normalized spacial score (nSPS) is 28.8. The van der Waals surface area contributed by atoms with E-state index in [2.05, 4.69) is 15.2 Å². The van der Waals surface area contributed by atoms with Gasteiger partial charge in [0.05, 0.1) is 5.60 Å². The number of amides is 1. The Bertz CT molecular complexity index is 1220. The van der Waals surface area contributed by atoms with E-state index in [0.29, 0.717) is 31.7 Å². The van der Waals surface area contributed by atoms with Gasteiger partial charge in [0.15, 0.2) is 0 Å². The molecule has 7 heteroatoms. The van der Waals surface area contributed by atoms with Gasteiger partial charge in [0.2, 0.25) is 0 Å². The number of piperidine rings is 1. The van der Waals surface area contributed by atoms with Gasteiger partial charge in [0.1, 0.15) is 11.3 Å². The molecule has 36 heavy (non-hydrogen) atoms. The van der Waals surface area contributed by atoms with Crippen molar-refractivity contribution in [1.82, 2.24) is 15.2 Å². The number of nitrogens with zero attached hydrogens (tertiary/aromatic N) is 1. The molecule has 194 valence electrons. The van der Waals surface area contributed by atoms with E-state index in [1.807, 2.05) is 27.0 Å². The Labute approximate surface area is 212 Å². The summed E-state index contributed by atoms with van der Waals surface area (Å²) in [4.78, 5) is 31.3. The summed E-state index contributed by atoms with van der Waals surface area (Å²) < 4.78 is 0. The number of pyridine rings is 1. The number of likely N-dealkylation sites (tertiary alicyclic amines) is 1. The highest BCUT2D eigenvalue weighted by Gasteiger charge is 2.60. The highest BCUT2D eigenvalue weighted by molar-refractivity contribution is 5.94. The Morgan fingerprint density at radius 3 is 2.69 bits per heavy atom. The summed E-state index contributed by atoms with van der Waals surface area (Å²) in [6.07, 6.45) is 7.36. The van der Waals surface area contributed by atoms with Crippen molar-refractivity contribution < 1.29 is 15.0 Å². The van der Waals surface area contributed by atoms with Crippen LogP contribution in [0.1, 0.15) is 78.2 Å². The highest BCUT2D eigenvalue weighted by atomic mass is 16.3. The molecule has 2 fully saturated rings. The third-order valence-electron chi connectivity index (χ3n) is 9.48. The number of likely N-dealkylation sites (N-methyl/N-ethyl adjacent to an activating group) is 1. The standard InChI is InChI=1S/C29H39N3O4/c1-18-9-10-22(33)14-24(18)28-11-12-32(3)19(2)29(28,36)15-21-13-23(27(35)31-25(21)16-28)26(34)30-17-20-7-5-4-6-8-20/h9-10,13-14,19-20,33,36H,4-8,11-12,15-17H2,1-3H3,(H,30,34)(H,31,35)/t19-,28-,29-/m1/s1. The number of phenolic OH excluding ortho intramolecular Hbond substituents is 1. The second-order valence-corrected chi connectivity index (χ2v) is 11.5. The van der Waals surface area contributed by atoms with Crippen LogP contribution in [0.2, 0.25) is 0 Å². The lowest BCUT2D eigenvalue weighted by molar-refractivity contribution is -0.132. The number of H-pyrrole nitrogens is 1. The molecule has 1 amide bonds. The summed E-state index contributed by atoms with van der Waals surface area (Å²) in [6, 6.07) is 6.87. The molecule has 7 nitrogen and oxygen atoms in total. The van der Waals surface area contributed by atoms with Crippen molar-refractivity contribution >= 4 is 5.91 Å². The fraction of sp³-hybridized carbons (Fsp3) is 0.586. The van der Waals surface area contributed by atoms with E-state index in [1.54, 1.807) is 18.2 Å². The van der Waals surface area contributed by atoms with Gasteiger partial charge in [-0.3, -0.25) is 9.59 Å². The topological polar surface area (TPSA) is 106 Å². The summed E-state index contributed by atoms with van der Waals surface area (Å²) in [5, 5.41) is 25.8. The molecule has 2 aromatic rings. The molecular weight excluding hydrogens is 454 g/mol. The van der Waals surface area contributed by atoms with Gasteiger partial charge in [-0.2, -0.15) is 0 Å². The van der Waals surface area contributed by atoms with Gasteiger partial charge in [0.25, 0.3) is 11.5 Å². The highest BCUT2D eigenvalue weighted by Crippen LogP contribution is 2.53. The van der Waals surface area contributed by atoms with E-state index < -0.39 is 11.0 Å². The van der Waals surface area contributed by atoms with Crippen molar-refractivity contribution in [3.8, 4) is 5.75 Å². The predicted octanol–water partition coefficient (Wildman–Crippen LogP) is 3.19. The number of aromatic nitrogens is 1. The quantitative estimate of drug-likeness (QED) is 0.524. The minimum absolute atomic E-state index is 0.117. The molecule has 1 aliphatic heterocycles. The number of aliphatic hydroxyl groups is 1. The van der Waals surface area contributed by atoms with Gasteiger partial charge in [-0.05, 0) is 87.5 Å². The average molecular weight is 494 g/mol. The molecule has 0 spiro atoms. The maximum Gasteiger partial charge on any atom is 0.261 e. The minimum atomic E-state index is -1.14. The smallest absolute Gasteiger partial charge is 0.261 e. The van der Waals surface area contributed by atoms with Crippen LogP contribution in [-0.2, 0) is 18.3 Å². The zero-order chi connectivity index (χ0) is 25.7. The number of benzene rings is 1. The van der Waals surface area contributed by atoms with Gasteiger partial charge in [-0.1, -0.05) is 25.3 Å². The Balaban J connectivity index is 1.52. The molecule has 0 bridgehead atoms. The molecule has 2 heterocycles. The molecule has 1 saturated carbocycles. The number of phenols is 1. The van der Waals surface area contributed by atoms with Crippen LogP contribution >= 0.6 is 0 Å². The van der Waals surface area contributed by atoms with Gasteiger partial charge in [-0.25, -0.2) is 0 Å². The maximum atomic E-state index is 13.1. The van der Waals surface area contributed by atoms with Crippen LogP contribution in [0.3, 0.4) is 0 Å². The Hall–Kier alpha value is -2.64. The Morgan fingerprint density at radius 2 is 1.94 bits per heavy atom. The van der Waals surface area contributed by atoms with Crippen LogP contribution in [0.25, 0.3) is 0 Å². The molecule has 1 aromatic carbocycles. The molecule has 5 rings (SSSR count). The Morgan fingerprint density at radius 1 is 1.19 bits per heavy atom. The number of aromatic amines is 1. The minimum Gasteiger partial charge on any atom is -0.508 e. The van der Waals surface area contributed by atoms with E-state index in [-0.39, 0.29) is 28.8 Å². The molecule has 4 N–H and O–H groups in total. The monoisotopic (exact) mass is 493 g/mol. The molecule has 3 aliphatic rings. The van der Waals surface area contributed by atoms with Crippen molar-refractivity contribution in [2.75, 3.05) is 20.1 Å². The van der Waals surface area contributed by atoms with Crippen LogP contribution < -0.4 is 10.9 Å². The van der Waals surface area contributed by atoms with Crippen molar-refractivity contribution in [3.63, 3.8) is 0 Å². The molecular formula is C29H39N3O4. The fourth-order valence-electron chi connectivity index (χ4n) is 7.10.